The number of carbonyl (C=O) groups is 3. The molecule has 160 valence electrons. The van der Waals surface area contributed by atoms with Crippen LogP contribution < -0.4 is 10.5 Å². The minimum absolute atomic E-state index is 0.0618. The van der Waals surface area contributed by atoms with Crippen molar-refractivity contribution in [3.05, 3.63) is 41.1 Å². The van der Waals surface area contributed by atoms with Gasteiger partial charge < -0.3 is 20.1 Å². The summed E-state index contributed by atoms with van der Waals surface area (Å²) in [6, 6.07) is 8.16. The van der Waals surface area contributed by atoms with Gasteiger partial charge >= 0.3 is 5.97 Å². The molecule has 0 saturated carbocycles. The van der Waals surface area contributed by atoms with E-state index in [1.165, 1.54) is 19.1 Å². The van der Waals surface area contributed by atoms with Crippen LogP contribution in [0.2, 0.25) is 0 Å². The maximum absolute atomic E-state index is 12.5. The van der Waals surface area contributed by atoms with Gasteiger partial charge in [-0.3, -0.25) is 9.59 Å². The fourth-order valence-corrected chi connectivity index (χ4v) is 3.48. The Labute approximate surface area is 176 Å². The van der Waals surface area contributed by atoms with Gasteiger partial charge in [0, 0.05) is 17.8 Å². The normalized spacial score (nSPS) is 19.3. The summed E-state index contributed by atoms with van der Waals surface area (Å²) in [6.45, 7) is 4.87. The number of ketones is 1. The Morgan fingerprint density at radius 3 is 2.27 bits per heavy atom. The molecule has 2 atom stereocenters. The largest absolute Gasteiger partial charge is 0.484 e. The van der Waals surface area contributed by atoms with Crippen molar-refractivity contribution >= 4 is 17.7 Å². The molecule has 1 saturated heterocycles. The Morgan fingerprint density at radius 2 is 1.73 bits per heavy atom. The molecule has 2 N–H and O–H groups in total. The Balaban J connectivity index is 1.88. The van der Waals surface area contributed by atoms with Gasteiger partial charge in [-0.05, 0) is 64.3 Å². The van der Waals surface area contributed by atoms with Crippen LogP contribution in [0.25, 0.3) is 0 Å². The van der Waals surface area contributed by atoms with E-state index in [4.69, 9.17) is 20.5 Å². The molecule has 2 rings (SSSR count). The van der Waals surface area contributed by atoms with Crippen LogP contribution in [0.3, 0.4) is 0 Å². The zero-order valence-electron chi connectivity index (χ0n) is 17.5. The lowest BCUT2D eigenvalue weighted by Gasteiger charge is -2.38. The van der Waals surface area contributed by atoms with Crippen molar-refractivity contribution in [2.45, 2.75) is 52.1 Å². The van der Waals surface area contributed by atoms with Crippen molar-refractivity contribution < 1.29 is 23.9 Å². The van der Waals surface area contributed by atoms with E-state index in [2.05, 4.69) is 0 Å². The van der Waals surface area contributed by atoms with E-state index in [-0.39, 0.29) is 41.4 Å². The molecular formula is C22H27N3O5. The zero-order valence-corrected chi connectivity index (χ0v) is 17.5. The number of rotatable bonds is 7. The summed E-state index contributed by atoms with van der Waals surface area (Å²) >= 11 is 0. The van der Waals surface area contributed by atoms with Crippen molar-refractivity contribution in [3.8, 4) is 11.8 Å². The summed E-state index contributed by atoms with van der Waals surface area (Å²) in [7, 11) is 0. The van der Waals surface area contributed by atoms with Gasteiger partial charge in [-0.15, -0.1) is 0 Å². The Kier molecular flexibility index (Phi) is 7.98. The van der Waals surface area contributed by atoms with E-state index in [9.17, 15) is 14.4 Å². The van der Waals surface area contributed by atoms with Gasteiger partial charge in [0.25, 0.3) is 5.91 Å². The number of carbonyl (C=O) groups excluding carboxylic acids is 3. The number of amides is 1. The highest BCUT2D eigenvalue weighted by atomic mass is 16.5. The fourth-order valence-electron chi connectivity index (χ4n) is 3.48. The van der Waals surface area contributed by atoms with Gasteiger partial charge in [0.15, 0.2) is 13.2 Å². The quantitative estimate of drug-likeness (QED) is 0.413. The Hall–Kier alpha value is -3.34. The Bertz CT molecular complexity index is 856. The minimum Gasteiger partial charge on any atom is -0.484 e. The van der Waals surface area contributed by atoms with Gasteiger partial charge in [-0.2, -0.15) is 5.26 Å². The number of hydrogen-bond donors (Lipinski definition) is 1. The number of benzene rings is 1. The number of nitrogens with two attached hydrogens (primary N) is 1. The molecule has 1 amide bonds. The molecule has 1 aliphatic rings. The number of ether oxygens (including phenoxy) is 2. The molecule has 0 radical (unpaired) electrons. The number of nitrogens with zero attached hydrogens (tertiary/aromatic N) is 2. The fraction of sp³-hybridized carbons (Fsp3) is 0.455. The average molecular weight is 413 g/mol. The van der Waals surface area contributed by atoms with Crippen LogP contribution >= 0.6 is 0 Å². The van der Waals surface area contributed by atoms with Crippen LogP contribution in [0.4, 0.5) is 0 Å². The number of allylic oxidation sites excluding steroid dienone is 1. The maximum Gasteiger partial charge on any atom is 0.338 e. The SMILES string of the molecule is CC(N)=C(C#N)C(=O)COC(=O)c1ccc(OCC(=O)N2C(C)CCCC2C)cc1. The molecule has 0 bridgehead atoms. The number of esters is 1. The molecule has 0 spiro atoms. The number of hydrogen-bond acceptors (Lipinski definition) is 7. The van der Waals surface area contributed by atoms with Gasteiger partial charge in [-0.1, -0.05) is 0 Å². The number of nitriles is 1. The van der Waals surface area contributed by atoms with E-state index in [0.717, 1.165) is 19.3 Å². The first-order valence-electron chi connectivity index (χ1n) is 9.85. The molecule has 0 aromatic heterocycles. The van der Waals surface area contributed by atoms with Crippen molar-refractivity contribution in [3.63, 3.8) is 0 Å². The zero-order chi connectivity index (χ0) is 22.3. The summed E-state index contributed by atoms with van der Waals surface area (Å²) < 4.78 is 10.5. The topological polar surface area (TPSA) is 123 Å². The summed E-state index contributed by atoms with van der Waals surface area (Å²) in [5.41, 5.74) is 5.51. The van der Waals surface area contributed by atoms with E-state index >= 15 is 0 Å². The van der Waals surface area contributed by atoms with E-state index < -0.39 is 18.4 Å². The molecule has 1 aromatic rings. The Morgan fingerprint density at radius 1 is 1.13 bits per heavy atom. The van der Waals surface area contributed by atoms with E-state index in [0.29, 0.717) is 5.75 Å². The molecule has 0 aliphatic carbocycles. The lowest BCUT2D eigenvalue weighted by Crippen LogP contribution is -2.49. The minimum atomic E-state index is -0.714. The number of Topliss-reactive ketones (excluding diaryl/α,β-unsaturated/α-hetero) is 1. The second-order valence-corrected chi connectivity index (χ2v) is 7.41. The maximum atomic E-state index is 12.5. The molecule has 8 nitrogen and oxygen atoms in total. The predicted molar refractivity (Wildman–Crippen MR) is 109 cm³/mol. The van der Waals surface area contributed by atoms with Crippen LogP contribution in [0.1, 0.15) is 50.4 Å². The lowest BCUT2D eigenvalue weighted by atomic mass is 9.97. The highest BCUT2D eigenvalue weighted by molar-refractivity contribution is 6.02. The van der Waals surface area contributed by atoms with Crippen LogP contribution in [0.5, 0.6) is 5.75 Å². The third-order valence-corrected chi connectivity index (χ3v) is 5.05. The second-order valence-electron chi connectivity index (χ2n) is 7.41. The third-order valence-electron chi connectivity index (χ3n) is 5.05. The summed E-state index contributed by atoms with van der Waals surface area (Å²) in [5.74, 6) is -0.991. The standard InChI is InChI=1S/C22H27N3O5/c1-14-5-4-6-15(2)25(14)21(27)13-29-18-9-7-17(8-10-18)22(28)30-12-20(26)19(11-23)16(3)24/h7-10,14-15H,4-6,12-13,24H2,1-3H3. The molecular weight excluding hydrogens is 386 g/mol. The monoisotopic (exact) mass is 413 g/mol. The molecule has 2 unspecified atom stereocenters. The van der Waals surface area contributed by atoms with Gasteiger partial charge in [0.05, 0.1) is 5.56 Å². The highest BCUT2D eigenvalue weighted by Gasteiger charge is 2.29. The number of piperidine rings is 1. The summed E-state index contributed by atoms with van der Waals surface area (Å²) in [4.78, 5) is 38.3. The van der Waals surface area contributed by atoms with Crippen molar-refractivity contribution in [2.24, 2.45) is 5.73 Å². The van der Waals surface area contributed by atoms with Crippen molar-refractivity contribution in [1.82, 2.24) is 4.90 Å². The van der Waals surface area contributed by atoms with Gasteiger partial charge in [-0.25, -0.2) is 4.79 Å². The average Bonchev–Trinajstić information content (AvgIpc) is 2.71. The molecule has 1 heterocycles. The molecule has 1 aliphatic heterocycles. The lowest BCUT2D eigenvalue weighted by molar-refractivity contribution is -0.139. The molecule has 30 heavy (non-hydrogen) atoms. The van der Waals surface area contributed by atoms with E-state index in [1.807, 2.05) is 18.7 Å². The van der Waals surface area contributed by atoms with Crippen LogP contribution in [0, 0.1) is 11.3 Å². The van der Waals surface area contributed by atoms with E-state index in [1.54, 1.807) is 18.2 Å². The van der Waals surface area contributed by atoms with Crippen LogP contribution in [0.15, 0.2) is 35.5 Å². The van der Waals surface area contributed by atoms with Crippen LogP contribution in [-0.4, -0.2) is 47.9 Å². The van der Waals surface area contributed by atoms with Crippen molar-refractivity contribution in [2.75, 3.05) is 13.2 Å². The van der Waals surface area contributed by atoms with Gasteiger partial charge in [0.2, 0.25) is 5.78 Å². The first kappa shape index (κ1) is 22.9. The number of likely N-dealkylation sites (tertiary alicyclic amines) is 1. The van der Waals surface area contributed by atoms with Crippen LogP contribution in [-0.2, 0) is 14.3 Å². The molecule has 1 aromatic carbocycles. The second kappa shape index (κ2) is 10.4. The smallest absolute Gasteiger partial charge is 0.338 e. The highest BCUT2D eigenvalue weighted by Crippen LogP contribution is 2.23. The third kappa shape index (κ3) is 5.83. The summed E-state index contributed by atoms with van der Waals surface area (Å²) in [5, 5.41) is 8.89. The molecule has 8 heteroatoms. The van der Waals surface area contributed by atoms with Crippen molar-refractivity contribution in [1.29, 1.82) is 5.26 Å². The molecule has 1 fully saturated rings. The van der Waals surface area contributed by atoms with Gasteiger partial charge in [0.1, 0.15) is 17.4 Å². The first-order valence-corrected chi connectivity index (χ1v) is 9.85. The summed E-state index contributed by atoms with van der Waals surface area (Å²) in [6.07, 6.45) is 3.11. The predicted octanol–water partition coefficient (Wildman–Crippen LogP) is 2.34. The first-order chi connectivity index (χ1) is 14.2.